The van der Waals surface area contributed by atoms with E-state index in [0.29, 0.717) is 29.8 Å². The van der Waals surface area contributed by atoms with E-state index in [-0.39, 0.29) is 17.2 Å². The number of likely N-dealkylation sites (N-methyl/N-ethyl adjacent to an activating group) is 1. The van der Waals surface area contributed by atoms with Crippen molar-refractivity contribution in [3.63, 3.8) is 0 Å². The van der Waals surface area contributed by atoms with Gasteiger partial charge in [0, 0.05) is 56.8 Å². The minimum absolute atomic E-state index is 0.0769. The monoisotopic (exact) mass is 417 g/mol. The standard InChI is InChI=1S/C21H27N3O4S/c1-15-11-17(13-23(3)20(15)25)16-5-6-19(18(12-16)14-29(4,27)28)21(26)24-9-7-22(2)8-10-24/h5-6,11-13H,7-10,14H2,1-4H3. The van der Waals surface area contributed by atoms with Crippen molar-refractivity contribution in [3.05, 3.63) is 57.5 Å². The number of rotatable bonds is 4. The molecule has 0 aliphatic carbocycles. The molecular formula is C21H27N3O4S. The number of hydrogen-bond acceptors (Lipinski definition) is 5. The van der Waals surface area contributed by atoms with Crippen LogP contribution in [0.3, 0.4) is 0 Å². The van der Waals surface area contributed by atoms with Crippen LogP contribution >= 0.6 is 0 Å². The number of benzene rings is 1. The van der Waals surface area contributed by atoms with Crippen molar-refractivity contribution in [2.24, 2.45) is 7.05 Å². The Morgan fingerprint density at radius 2 is 1.69 bits per heavy atom. The first-order valence-electron chi connectivity index (χ1n) is 9.51. The van der Waals surface area contributed by atoms with Crippen molar-refractivity contribution in [3.8, 4) is 11.1 Å². The van der Waals surface area contributed by atoms with Gasteiger partial charge in [-0.2, -0.15) is 0 Å². The van der Waals surface area contributed by atoms with E-state index in [1.807, 2.05) is 13.1 Å². The number of carbonyl (C=O) groups is 1. The Morgan fingerprint density at radius 1 is 1.03 bits per heavy atom. The smallest absolute Gasteiger partial charge is 0.254 e. The van der Waals surface area contributed by atoms with Gasteiger partial charge in [0.25, 0.3) is 11.5 Å². The molecule has 7 nitrogen and oxygen atoms in total. The summed E-state index contributed by atoms with van der Waals surface area (Å²) < 4.78 is 25.5. The fraction of sp³-hybridized carbons (Fsp3) is 0.429. The average molecular weight is 418 g/mol. The highest BCUT2D eigenvalue weighted by Crippen LogP contribution is 2.25. The maximum Gasteiger partial charge on any atom is 0.254 e. The van der Waals surface area contributed by atoms with E-state index >= 15 is 0 Å². The Balaban J connectivity index is 2.04. The summed E-state index contributed by atoms with van der Waals surface area (Å²) in [7, 11) is 0.368. The molecule has 1 aliphatic rings. The van der Waals surface area contributed by atoms with Crippen molar-refractivity contribution < 1.29 is 13.2 Å². The zero-order valence-corrected chi connectivity index (χ0v) is 18.1. The molecule has 2 aromatic rings. The van der Waals surface area contributed by atoms with E-state index in [2.05, 4.69) is 4.90 Å². The highest BCUT2D eigenvalue weighted by atomic mass is 32.2. The molecule has 0 saturated carbocycles. The number of aryl methyl sites for hydroxylation is 2. The largest absolute Gasteiger partial charge is 0.336 e. The summed E-state index contributed by atoms with van der Waals surface area (Å²) in [6.07, 6.45) is 2.89. The van der Waals surface area contributed by atoms with Gasteiger partial charge in [0.2, 0.25) is 0 Å². The van der Waals surface area contributed by atoms with Crippen LogP contribution in [0.25, 0.3) is 11.1 Å². The predicted molar refractivity (Wildman–Crippen MR) is 114 cm³/mol. The van der Waals surface area contributed by atoms with E-state index in [4.69, 9.17) is 0 Å². The first-order chi connectivity index (χ1) is 13.5. The van der Waals surface area contributed by atoms with E-state index in [1.54, 1.807) is 43.3 Å². The Hall–Kier alpha value is -2.45. The van der Waals surface area contributed by atoms with Gasteiger partial charge in [0.05, 0.1) is 5.75 Å². The van der Waals surface area contributed by atoms with Crippen LogP contribution in [-0.4, -0.2) is 68.2 Å². The zero-order chi connectivity index (χ0) is 21.3. The first kappa shape index (κ1) is 21.3. The Bertz CT molecular complexity index is 1070. The summed E-state index contributed by atoms with van der Waals surface area (Å²) >= 11 is 0. The van der Waals surface area contributed by atoms with Crippen molar-refractivity contribution in [2.75, 3.05) is 39.5 Å². The third-order valence-corrected chi connectivity index (χ3v) is 6.07. The van der Waals surface area contributed by atoms with Crippen molar-refractivity contribution in [1.82, 2.24) is 14.4 Å². The van der Waals surface area contributed by atoms with Crippen molar-refractivity contribution in [2.45, 2.75) is 12.7 Å². The van der Waals surface area contributed by atoms with Gasteiger partial charge in [-0.25, -0.2) is 8.42 Å². The van der Waals surface area contributed by atoms with Crippen LogP contribution in [0.15, 0.2) is 35.3 Å². The second kappa shape index (κ2) is 8.12. The lowest BCUT2D eigenvalue weighted by Crippen LogP contribution is -2.47. The van der Waals surface area contributed by atoms with Crippen LogP contribution in [0.2, 0.25) is 0 Å². The fourth-order valence-corrected chi connectivity index (χ4v) is 4.40. The van der Waals surface area contributed by atoms with E-state index in [1.165, 1.54) is 10.8 Å². The van der Waals surface area contributed by atoms with Crippen LogP contribution in [0.5, 0.6) is 0 Å². The molecule has 0 N–H and O–H groups in total. The first-order valence-corrected chi connectivity index (χ1v) is 11.6. The van der Waals surface area contributed by atoms with Gasteiger partial charge >= 0.3 is 0 Å². The molecule has 1 aromatic carbocycles. The molecule has 1 aliphatic heterocycles. The summed E-state index contributed by atoms with van der Waals surface area (Å²) in [6, 6.07) is 7.05. The number of aromatic nitrogens is 1. The van der Waals surface area contributed by atoms with E-state index in [9.17, 15) is 18.0 Å². The predicted octanol–water partition coefficient (Wildman–Crippen LogP) is 1.29. The lowest BCUT2D eigenvalue weighted by molar-refractivity contribution is 0.0663. The normalized spacial score (nSPS) is 15.5. The van der Waals surface area contributed by atoms with Crippen molar-refractivity contribution in [1.29, 1.82) is 0 Å². The molecule has 1 saturated heterocycles. The maximum atomic E-state index is 13.1. The van der Waals surface area contributed by atoms with Crippen LogP contribution in [0.1, 0.15) is 21.5 Å². The summed E-state index contributed by atoms with van der Waals surface area (Å²) in [4.78, 5) is 29.0. The van der Waals surface area contributed by atoms with Gasteiger partial charge in [0.15, 0.2) is 9.84 Å². The highest BCUT2D eigenvalue weighted by molar-refractivity contribution is 7.89. The molecule has 8 heteroatoms. The van der Waals surface area contributed by atoms with Gasteiger partial charge in [-0.05, 0) is 48.9 Å². The van der Waals surface area contributed by atoms with Gasteiger partial charge in [-0.1, -0.05) is 6.07 Å². The van der Waals surface area contributed by atoms with Crippen LogP contribution < -0.4 is 5.56 Å². The number of pyridine rings is 1. The summed E-state index contributed by atoms with van der Waals surface area (Å²) in [5.74, 6) is -0.347. The molecule has 3 rings (SSSR count). The molecular weight excluding hydrogens is 390 g/mol. The lowest BCUT2D eigenvalue weighted by atomic mass is 9.99. The van der Waals surface area contributed by atoms with Crippen LogP contribution in [0.4, 0.5) is 0 Å². The number of piperazine rings is 1. The highest BCUT2D eigenvalue weighted by Gasteiger charge is 2.24. The van der Waals surface area contributed by atoms with Crippen LogP contribution in [-0.2, 0) is 22.6 Å². The Kier molecular flexibility index (Phi) is 5.95. The minimum Gasteiger partial charge on any atom is -0.336 e. The molecule has 1 aromatic heterocycles. The minimum atomic E-state index is -3.33. The van der Waals surface area contributed by atoms with Gasteiger partial charge < -0.3 is 14.4 Å². The maximum absolute atomic E-state index is 13.1. The molecule has 1 fully saturated rings. The second-order valence-electron chi connectivity index (χ2n) is 7.87. The third-order valence-electron chi connectivity index (χ3n) is 5.24. The Morgan fingerprint density at radius 3 is 2.28 bits per heavy atom. The number of sulfone groups is 1. The molecule has 156 valence electrons. The fourth-order valence-electron chi connectivity index (χ4n) is 3.60. The average Bonchev–Trinajstić information content (AvgIpc) is 2.64. The summed E-state index contributed by atoms with van der Waals surface area (Å²) in [6.45, 7) is 4.57. The SMILES string of the molecule is Cc1cc(-c2ccc(C(=O)N3CCN(C)CC3)c(CS(C)(=O)=O)c2)cn(C)c1=O. The van der Waals surface area contributed by atoms with Crippen molar-refractivity contribution >= 4 is 15.7 Å². The molecule has 2 heterocycles. The van der Waals surface area contributed by atoms with Gasteiger partial charge in [-0.15, -0.1) is 0 Å². The van der Waals surface area contributed by atoms with E-state index < -0.39 is 9.84 Å². The molecule has 29 heavy (non-hydrogen) atoms. The van der Waals surface area contributed by atoms with Crippen LogP contribution in [0, 0.1) is 6.92 Å². The summed E-state index contributed by atoms with van der Waals surface area (Å²) in [5, 5.41) is 0. The number of nitrogens with zero attached hydrogens (tertiary/aromatic N) is 3. The molecule has 0 bridgehead atoms. The third kappa shape index (κ3) is 4.94. The number of carbonyl (C=O) groups excluding carboxylic acids is 1. The lowest BCUT2D eigenvalue weighted by Gasteiger charge is -2.33. The Labute approximate surface area is 171 Å². The molecule has 0 radical (unpaired) electrons. The zero-order valence-electron chi connectivity index (χ0n) is 17.3. The molecule has 0 atom stereocenters. The molecule has 1 amide bonds. The molecule has 0 unspecified atom stereocenters. The topological polar surface area (TPSA) is 79.7 Å². The van der Waals surface area contributed by atoms with E-state index in [0.717, 1.165) is 24.2 Å². The van der Waals surface area contributed by atoms with Gasteiger partial charge in [-0.3, -0.25) is 9.59 Å². The number of amides is 1. The van der Waals surface area contributed by atoms with Gasteiger partial charge in [0.1, 0.15) is 0 Å². The second-order valence-corrected chi connectivity index (χ2v) is 10.0. The summed E-state index contributed by atoms with van der Waals surface area (Å²) in [5.41, 5.74) is 3.01. The molecule has 0 spiro atoms. The quantitative estimate of drug-likeness (QED) is 0.749. The number of hydrogen-bond donors (Lipinski definition) is 0.